The van der Waals surface area contributed by atoms with E-state index in [2.05, 4.69) is 11.4 Å². The molecule has 3 N–H and O–H groups in total. The summed E-state index contributed by atoms with van der Waals surface area (Å²) in [7, 11) is 1.93. The van der Waals surface area contributed by atoms with Crippen molar-refractivity contribution in [3.63, 3.8) is 0 Å². The molecule has 0 saturated heterocycles. The van der Waals surface area contributed by atoms with E-state index in [1.165, 1.54) is 5.56 Å². The summed E-state index contributed by atoms with van der Waals surface area (Å²) in [6.07, 6.45) is 3.41. The van der Waals surface area contributed by atoms with Crippen LogP contribution in [-0.4, -0.2) is 19.5 Å². The summed E-state index contributed by atoms with van der Waals surface area (Å²) in [6, 6.07) is 6.05. The first-order valence-electron chi connectivity index (χ1n) is 6.29. The molecule has 0 bridgehead atoms. The molecule has 0 heterocycles. The van der Waals surface area contributed by atoms with Crippen LogP contribution in [0.4, 0.5) is 0 Å². The van der Waals surface area contributed by atoms with Gasteiger partial charge in [0.1, 0.15) is 0 Å². The Morgan fingerprint density at radius 2 is 2.22 bits per heavy atom. The molecule has 0 spiro atoms. The number of likely N-dealkylation sites (N-methyl/N-ethyl adjacent to an activating group) is 1. The van der Waals surface area contributed by atoms with Gasteiger partial charge in [0.05, 0.1) is 5.41 Å². The van der Waals surface area contributed by atoms with Gasteiger partial charge in [-0.1, -0.05) is 23.7 Å². The van der Waals surface area contributed by atoms with Gasteiger partial charge in [-0.05, 0) is 56.5 Å². The second kappa shape index (κ2) is 5.29. The Labute approximate surface area is 113 Å². The van der Waals surface area contributed by atoms with Crippen LogP contribution in [0.3, 0.4) is 0 Å². The van der Waals surface area contributed by atoms with Gasteiger partial charge in [0.15, 0.2) is 0 Å². The number of carbonyl (C=O) groups excluding carboxylic acids is 1. The Hall–Kier alpha value is -1.06. The molecule has 1 aromatic rings. The molecule has 0 radical (unpaired) electrons. The van der Waals surface area contributed by atoms with Crippen molar-refractivity contribution in [2.45, 2.75) is 25.7 Å². The van der Waals surface area contributed by atoms with E-state index in [0.29, 0.717) is 6.42 Å². The van der Waals surface area contributed by atoms with Crippen LogP contribution in [0.2, 0.25) is 5.02 Å². The van der Waals surface area contributed by atoms with Crippen molar-refractivity contribution in [3.8, 4) is 0 Å². The molecule has 1 saturated carbocycles. The van der Waals surface area contributed by atoms with E-state index >= 15 is 0 Å². The molecule has 0 aliphatic heterocycles. The van der Waals surface area contributed by atoms with Gasteiger partial charge in [-0.2, -0.15) is 0 Å². The van der Waals surface area contributed by atoms with E-state index in [4.69, 9.17) is 17.3 Å². The highest BCUT2D eigenvalue weighted by molar-refractivity contribution is 6.31. The predicted molar refractivity (Wildman–Crippen MR) is 73.6 cm³/mol. The van der Waals surface area contributed by atoms with Crippen LogP contribution < -0.4 is 11.1 Å². The SMILES string of the molecule is CNCCc1ccc(Cl)c(CC2(C(N)=O)CC2)c1. The van der Waals surface area contributed by atoms with Crippen LogP contribution in [0, 0.1) is 5.41 Å². The average Bonchev–Trinajstić information content (AvgIpc) is 3.11. The zero-order valence-corrected chi connectivity index (χ0v) is 11.4. The predicted octanol–water partition coefficient (Wildman–Crippen LogP) is 1.91. The van der Waals surface area contributed by atoms with Crippen LogP contribution >= 0.6 is 11.6 Å². The standard InChI is InChI=1S/C14H19ClN2O/c1-17-7-4-10-2-3-12(15)11(8-10)9-14(5-6-14)13(16)18/h2-3,8,17H,4-7,9H2,1H3,(H2,16,18). The largest absolute Gasteiger partial charge is 0.369 e. The minimum Gasteiger partial charge on any atom is -0.369 e. The van der Waals surface area contributed by atoms with Crippen LogP contribution in [0.25, 0.3) is 0 Å². The molecule has 98 valence electrons. The lowest BCUT2D eigenvalue weighted by molar-refractivity contribution is -0.123. The first-order chi connectivity index (χ1) is 8.57. The first kappa shape index (κ1) is 13.4. The zero-order chi connectivity index (χ0) is 13.2. The minimum absolute atomic E-state index is 0.195. The second-order valence-electron chi connectivity index (χ2n) is 5.10. The van der Waals surface area contributed by atoms with Gasteiger partial charge in [-0.3, -0.25) is 4.79 Å². The van der Waals surface area contributed by atoms with Gasteiger partial charge in [-0.25, -0.2) is 0 Å². The lowest BCUT2D eigenvalue weighted by Gasteiger charge is -2.13. The maximum absolute atomic E-state index is 11.4. The Bertz CT molecular complexity index is 455. The summed E-state index contributed by atoms with van der Waals surface area (Å²) in [6.45, 7) is 0.933. The lowest BCUT2D eigenvalue weighted by atomic mass is 9.94. The summed E-state index contributed by atoms with van der Waals surface area (Å²) in [5.74, 6) is -0.195. The highest BCUT2D eigenvalue weighted by Crippen LogP contribution is 2.48. The van der Waals surface area contributed by atoms with Gasteiger partial charge in [-0.15, -0.1) is 0 Å². The van der Waals surface area contributed by atoms with Crippen molar-refractivity contribution in [2.24, 2.45) is 11.1 Å². The zero-order valence-electron chi connectivity index (χ0n) is 10.6. The molecule has 3 nitrogen and oxygen atoms in total. The molecule has 18 heavy (non-hydrogen) atoms. The number of primary amides is 1. The normalized spacial score (nSPS) is 16.6. The third-order valence-corrected chi connectivity index (χ3v) is 4.05. The maximum atomic E-state index is 11.4. The number of hydrogen-bond acceptors (Lipinski definition) is 2. The summed E-state index contributed by atoms with van der Waals surface area (Å²) in [4.78, 5) is 11.4. The number of carbonyl (C=O) groups is 1. The number of rotatable bonds is 6. The third kappa shape index (κ3) is 2.85. The van der Waals surface area contributed by atoms with E-state index in [-0.39, 0.29) is 11.3 Å². The molecule has 0 atom stereocenters. The smallest absolute Gasteiger partial charge is 0.223 e. The Balaban J connectivity index is 2.14. The lowest BCUT2D eigenvalue weighted by Crippen LogP contribution is -2.26. The Morgan fingerprint density at radius 1 is 1.50 bits per heavy atom. The maximum Gasteiger partial charge on any atom is 0.223 e. The highest BCUT2D eigenvalue weighted by Gasteiger charge is 2.48. The summed E-state index contributed by atoms with van der Waals surface area (Å²) in [5.41, 5.74) is 7.41. The van der Waals surface area contributed by atoms with Crippen molar-refractivity contribution < 1.29 is 4.79 Å². The average molecular weight is 267 g/mol. The van der Waals surface area contributed by atoms with Crippen LogP contribution in [0.5, 0.6) is 0 Å². The highest BCUT2D eigenvalue weighted by atomic mass is 35.5. The molecule has 2 rings (SSSR count). The van der Waals surface area contributed by atoms with Crippen LogP contribution in [0.15, 0.2) is 18.2 Å². The van der Waals surface area contributed by atoms with E-state index in [1.807, 2.05) is 19.2 Å². The molecule has 1 aliphatic rings. The van der Waals surface area contributed by atoms with Gasteiger partial charge < -0.3 is 11.1 Å². The summed E-state index contributed by atoms with van der Waals surface area (Å²) in [5, 5.41) is 3.85. The van der Waals surface area contributed by atoms with Gasteiger partial charge in [0, 0.05) is 5.02 Å². The first-order valence-corrected chi connectivity index (χ1v) is 6.67. The summed E-state index contributed by atoms with van der Waals surface area (Å²) >= 11 is 6.20. The Kier molecular flexibility index (Phi) is 3.93. The molecule has 0 aromatic heterocycles. The van der Waals surface area contributed by atoms with E-state index in [9.17, 15) is 4.79 Å². The number of hydrogen-bond donors (Lipinski definition) is 2. The van der Waals surface area contributed by atoms with Gasteiger partial charge in [0.25, 0.3) is 0 Å². The number of benzene rings is 1. The molecule has 0 unspecified atom stereocenters. The number of nitrogens with two attached hydrogens (primary N) is 1. The van der Waals surface area contributed by atoms with Crippen molar-refractivity contribution in [1.82, 2.24) is 5.32 Å². The number of amides is 1. The third-order valence-electron chi connectivity index (χ3n) is 3.68. The van der Waals surface area contributed by atoms with Crippen LogP contribution in [-0.2, 0) is 17.6 Å². The topological polar surface area (TPSA) is 55.1 Å². The molecule has 1 fully saturated rings. The van der Waals surface area contributed by atoms with E-state index in [0.717, 1.165) is 36.4 Å². The molecular formula is C14H19ClN2O. The number of halogens is 1. The fraction of sp³-hybridized carbons (Fsp3) is 0.500. The van der Waals surface area contributed by atoms with Gasteiger partial charge in [0.2, 0.25) is 5.91 Å². The quantitative estimate of drug-likeness (QED) is 0.826. The molecule has 1 aromatic carbocycles. The van der Waals surface area contributed by atoms with E-state index < -0.39 is 0 Å². The molecule has 4 heteroatoms. The molecule has 1 aliphatic carbocycles. The molecule has 1 amide bonds. The van der Waals surface area contributed by atoms with Crippen molar-refractivity contribution in [3.05, 3.63) is 34.3 Å². The second-order valence-corrected chi connectivity index (χ2v) is 5.51. The van der Waals surface area contributed by atoms with Crippen molar-refractivity contribution >= 4 is 17.5 Å². The van der Waals surface area contributed by atoms with Crippen molar-refractivity contribution in [1.29, 1.82) is 0 Å². The summed E-state index contributed by atoms with van der Waals surface area (Å²) < 4.78 is 0. The fourth-order valence-corrected chi connectivity index (χ4v) is 2.40. The monoisotopic (exact) mass is 266 g/mol. The molecular weight excluding hydrogens is 248 g/mol. The number of nitrogens with one attached hydrogen (secondary N) is 1. The fourth-order valence-electron chi connectivity index (χ4n) is 2.21. The minimum atomic E-state index is -0.328. The van der Waals surface area contributed by atoms with Crippen molar-refractivity contribution in [2.75, 3.05) is 13.6 Å². The van der Waals surface area contributed by atoms with Crippen LogP contribution in [0.1, 0.15) is 24.0 Å². The Morgan fingerprint density at radius 3 is 2.78 bits per heavy atom. The van der Waals surface area contributed by atoms with Gasteiger partial charge >= 0.3 is 0 Å². The van der Waals surface area contributed by atoms with E-state index in [1.54, 1.807) is 0 Å².